The van der Waals surface area contributed by atoms with Crippen LogP contribution in [0.4, 0.5) is 5.82 Å². The summed E-state index contributed by atoms with van der Waals surface area (Å²) in [5.74, 6) is 1.53. The molecule has 2 N–H and O–H groups in total. The number of hydrogen-bond acceptors (Lipinski definition) is 4. The molecule has 1 aromatic rings. The summed E-state index contributed by atoms with van der Waals surface area (Å²) in [6.45, 7) is 10.8. The largest absolute Gasteiger partial charge is 0.368 e. The van der Waals surface area contributed by atoms with E-state index in [1.54, 1.807) is 0 Å². The lowest BCUT2D eigenvalue weighted by molar-refractivity contribution is -0.116. The van der Waals surface area contributed by atoms with Crippen LogP contribution in [0.25, 0.3) is 0 Å². The second-order valence-corrected chi connectivity index (χ2v) is 6.07. The minimum absolute atomic E-state index is 0.129. The van der Waals surface area contributed by atoms with Crippen LogP contribution >= 0.6 is 11.6 Å². The molecule has 1 aromatic heterocycles. The first-order chi connectivity index (χ1) is 9.22. The second-order valence-electron chi connectivity index (χ2n) is 5.72. The molecule has 5 nitrogen and oxygen atoms in total. The molecule has 0 saturated carbocycles. The van der Waals surface area contributed by atoms with Gasteiger partial charge >= 0.3 is 0 Å². The molecule has 112 valence electrons. The Hall–Kier alpha value is -1.36. The highest BCUT2D eigenvalue weighted by Crippen LogP contribution is 2.26. The minimum atomic E-state index is -0.383. The van der Waals surface area contributed by atoms with Crippen molar-refractivity contribution in [2.75, 3.05) is 18.0 Å². The summed E-state index contributed by atoms with van der Waals surface area (Å²) in [4.78, 5) is 22.0. The molecular weight excluding hydrogens is 276 g/mol. The first-order valence-corrected chi connectivity index (χ1v) is 7.17. The normalized spacial score (nSPS) is 11.2. The van der Waals surface area contributed by atoms with Gasteiger partial charge in [-0.15, -0.1) is 0 Å². The number of aromatic nitrogens is 2. The molecular formula is C14H23ClN4O. The molecule has 0 fully saturated rings. The van der Waals surface area contributed by atoms with Crippen LogP contribution in [0.3, 0.4) is 0 Å². The number of carbonyl (C=O) groups excluding carboxylic acids is 1. The quantitative estimate of drug-likeness (QED) is 0.819. The molecule has 1 heterocycles. The molecule has 0 aromatic carbocycles. The minimum Gasteiger partial charge on any atom is -0.368 e. The molecule has 0 saturated heterocycles. The third-order valence-corrected chi connectivity index (χ3v) is 3.19. The highest BCUT2D eigenvalue weighted by atomic mass is 35.5. The van der Waals surface area contributed by atoms with Crippen LogP contribution in [0.5, 0.6) is 0 Å². The number of primary amides is 1. The highest BCUT2D eigenvalue weighted by molar-refractivity contribution is 6.30. The summed E-state index contributed by atoms with van der Waals surface area (Å²) in [7, 11) is 0. The van der Waals surface area contributed by atoms with Crippen molar-refractivity contribution in [3.05, 3.63) is 16.5 Å². The molecule has 0 radical (unpaired) electrons. The van der Waals surface area contributed by atoms with Gasteiger partial charge in [0.2, 0.25) is 5.91 Å². The SMILES string of the molecule is Cc1c(Cl)nc(C(C)C)nc1N(CC(N)=O)CC(C)C. The van der Waals surface area contributed by atoms with Crippen LogP contribution in [0, 0.1) is 12.8 Å². The predicted octanol–water partition coefficient (Wildman–Crippen LogP) is 2.51. The molecule has 20 heavy (non-hydrogen) atoms. The molecule has 0 bridgehead atoms. The number of nitrogens with two attached hydrogens (primary N) is 1. The molecule has 0 aliphatic rings. The van der Waals surface area contributed by atoms with Gasteiger partial charge in [-0.1, -0.05) is 39.3 Å². The summed E-state index contributed by atoms with van der Waals surface area (Å²) in [5.41, 5.74) is 6.11. The van der Waals surface area contributed by atoms with Crippen LogP contribution in [0.15, 0.2) is 0 Å². The molecule has 1 amide bonds. The van der Waals surface area contributed by atoms with Gasteiger partial charge in [0.1, 0.15) is 16.8 Å². The Morgan fingerprint density at radius 3 is 2.35 bits per heavy atom. The smallest absolute Gasteiger partial charge is 0.236 e. The number of hydrogen-bond donors (Lipinski definition) is 1. The first-order valence-electron chi connectivity index (χ1n) is 6.79. The van der Waals surface area contributed by atoms with E-state index in [1.165, 1.54) is 0 Å². The van der Waals surface area contributed by atoms with Crippen molar-refractivity contribution in [1.82, 2.24) is 9.97 Å². The van der Waals surface area contributed by atoms with Gasteiger partial charge in [0, 0.05) is 18.0 Å². The van der Waals surface area contributed by atoms with E-state index in [0.717, 1.165) is 5.56 Å². The number of carbonyl (C=O) groups is 1. The lowest BCUT2D eigenvalue weighted by Gasteiger charge is -2.26. The van der Waals surface area contributed by atoms with Crippen LogP contribution in [-0.2, 0) is 4.79 Å². The fourth-order valence-electron chi connectivity index (χ4n) is 1.91. The van der Waals surface area contributed by atoms with E-state index in [-0.39, 0.29) is 18.4 Å². The number of amides is 1. The summed E-state index contributed by atoms with van der Waals surface area (Å²) in [6.07, 6.45) is 0. The maximum atomic E-state index is 11.3. The molecule has 0 atom stereocenters. The molecule has 0 unspecified atom stereocenters. The second kappa shape index (κ2) is 6.88. The topological polar surface area (TPSA) is 72.1 Å². The van der Waals surface area contributed by atoms with E-state index in [9.17, 15) is 4.79 Å². The highest BCUT2D eigenvalue weighted by Gasteiger charge is 2.19. The standard InChI is InChI=1S/C14H23ClN4O/c1-8(2)6-19(7-11(16)20)14-10(5)12(15)17-13(18-14)9(3)4/h8-9H,6-7H2,1-5H3,(H2,16,20). The summed E-state index contributed by atoms with van der Waals surface area (Å²) in [6, 6.07) is 0. The Bertz CT molecular complexity index is 488. The van der Waals surface area contributed by atoms with Crippen LogP contribution in [0.2, 0.25) is 5.15 Å². The fourth-order valence-corrected chi connectivity index (χ4v) is 2.09. The predicted molar refractivity (Wildman–Crippen MR) is 82.1 cm³/mol. The van der Waals surface area contributed by atoms with Crippen molar-refractivity contribution in [3.8, 4) is 0 Å². The molecule has 0 aliphatic heterocycles. The molecule has 0 aliphatic carbocycles. The van der Waals surface area contributed by atoms with Crippen LogP contribution in [0.1, 0.15) is 45.0 Å². The zero-order valence-corrected chi connectivity index (χ0v) is 13.5. The van der Waals surface area contributed by atoms with Crippen molar-refractivity contribution >= 4 is 23.3 Å². The molecule has 1 rings (SSSR count). The maximum Gasteiger partial charge on any atom is 0.236 e. The van der Waals surface area contributed by atoms with Crippen molar-refractivity contribution in [2.24, 2.45) is 11.7 Å². The van der Waals surface area contributed by atoms with Gasteiger partial charge in [0.15, 0.2) is 0 Å². The fraction of sp³-hybridized carbons (Fsp3) is 0.643. The van der Waals surface area contributed by atoms with Crippen molar-refractivity contribution < 1.29 is 4.79 Å². The van der Waals surface area contributed by atoms with Crippen molar-refractivity contribution in [1.29, 1.82) is 0 Å². The maximum absolute atomic E-state index is 11.3. The van der Waals surface area contributed by atoms with E-state index < -0.39 is 0 Å². The van der Waals surface area contributed by atoms with Gasteiger partial charge in [0.25, 0.3) is 0 Å². The van der Waals surface area contributed by atoms with Gasteiger partial charge in [-0.3, -0.25) is 4.79 Å². The van der Waals surface area contributed by atoms with Gasteiger partial charge in [0.05, 0.1) is 6.54 Å². The van der Waals surface area contributed by atoms with E-state index >= 15 is 0 Å². The van der Waals surface area contributed by atoms with Crippen molar-refractivity contribution in [3.63, 3.8) is 0 Å². The van der Waals surface area contributed by atoms with Gasteiger partial charge in [-0.25, -0.2) is 9.97 Å². The average Bonchev–Trinajstić information content (AvgIpc) is 2.30. The number of nitrogens with zero attached hydrogens (tertiary/aromatic N) is 3. The first kappa shape index (κ1) is 16.7. The van der Waals surface area contributed by atoms with E-state index in [1.807, 2.05) is 25.7 Å². The Labute approximate surface area is 125 Å². The number of anilines is 1. The molecule has 6 heteroatoms. The Morgan fingerprint density at radius 2 is 1.90 bits per heavy atom. The zero-order chi connectivity index (χ0) is 15.4. The van der Waals surface area contributed by atoms with E-state index in [0.29, 0.717) is 29.3 Å². The lowest BCUT2D eigenvalue weighted by Crippen LogP contribution is -2.37. The lowest BCUT2D eigenvalue weighted by atomic mass is 10.1. The number of halogens is 1. The van der Waals surface area contributed by atoms with Gasteiger partial charge in [-0.05, 0) is 12.8 Å². The Morgan fingerprint density at radius 1 is 1.30 bits per heavy atom. The van der Waals surface area contributed by atoms with Crippen LogP contribution < -0.4 is 10.6 Å². The van der Waals surface area contributed by atoms with E-state index in [2.05, 4.69) is 23.8 Å². The Balaban J connectivity index is 3.26. The van der Waals surface area contributed by atoms with Gasteiger partial charge < -0.3 is 10.6 Å². The van der Waals surface area contributed by atoms with E-state index in [4.69, 9.17) is 17.3 Å². The third kappa shape index (κ3) is 4.34. The van der Waals surface area contributed by atoms with Crippen molar-refractivity contribution in [2.45, 2.75) is 40.5 Å². The monoisotopic (exact) mass is 298 g/mol. The third-order valence-electron chi connectivity index (χ3n) is 2.83. The average molecular weight is 299 g/mol. The summed E-state index contributed by atoms with van der Waals surface area (Å²) in [5, 5.41) is 0.428. The summed E-state index contributed by atoms with van der Waals surface area (Å²) < 4.78 is 0. The zero-order valence-electron chi connectivity index (χ0n) is 12.8. The summed E-state index contributed by atoms with van der Waals surface area (Å²) >= 11 is 6.19. The Kier molecular flexibility index (Phi) is 5.74. The molecule has 0 spiro atoms. The van der Waals surface area contributed by atoms with Crippen LogP contribution in [-0.4, -0.2) is 29.0 Å². The number of rotatable bonds is 6. The van der Waals surface area contributed by atoms with Gasteiger partial charge in [-0.2, -0.15) is 0 Å².